The molecule has 2 rings (SSSR count). The lowest BCUT2D eigenvalue weighted by molar-refractivity contribution is 0.104. The Hall–Kier alpha value is -0.850. The summed E-state index contributed by atoms with van der Waals surface area (Å²) in [5.41, 5.74) is 0. The number of hydrogen-bond donors (Lipinski definition) is 1. The molecule has 0 radical (unpaired) electrons. The fraction of sp³-hybridized carbons (Fsp3) is 0.714. The minimum Gasteiger partial charge on any atom is -0.468 e. The van der Waals surface area contributed by atoms with E-state index in [1.54, 1.807) is 13.2 Å². The van der Waals surface area contributed by atoms with Crippen molar-refractivity contribution < 1.29 is 12.8 Å². The average Bonchev–Trinajstić information content (AvgIpc) is 2.94. The molecule has 1 aromatic heterocycles. The highest BCUT2D eigenvalue weighted by Crippen LogP contribution is 2.33. The molecule has 1 aromatic rings. The van der Waals surface area contributed by atoms with E-state index in [0.29, 0.717) is 12.5 Å². The van der Waals surface area contributed by atoms with Crippen molar-refractivity contribution in [3.63, 3.8) is 0 Å². The molecule has 1 fully saturated rings. The van der Waals surface area contributed by atoms with Gasteiger partial charge in [0.1, 0.15) is 5.76 Å². The largest absolute Gasteiger partial charge is 0.468 e. The summed E-state index contributed by atoms with van der Waals surface area (Å²) in [7, 11) is -3.10. The molecule has 0 saturated carbocycles. The Morgan fingerprint density at radius 3 is 2.95 bits per heavy atom. The number of piperidine rings is 1. The maximum atomic E-state index is 11.5. The molecule has 2 atom stereocenters. The third-order valence-electron chi connectivity index (χ3n) is 3.95. The molecule has 5 nitrogen and oxygen atoms in total. The van der Waals surface area contributed by atoms with Crippen molar-refractivity contribution in [1.82, 2.24) is 9.62 Å². The maximum Gasteiger partial charge on any atom is 0.211 e. The van der Waals surface area contributed by atoms with Gasteiger partial charge in [0.15, 0.2) is 0 Å². The molecule has 0 spiro atoms. The number of likely N-dealkylation sites (tertiary alicyclic amines) is 1. The summed E-state index contributed by atoms with van der Waals surface area (Å²) < 4.78 is 31.1. The summed E-state index contributed by atoms with van der Waals surface area (Å²) in [6.07, 6.45) is 3.92. The first-order chi connectivity index (χ1) is 9.52. The highest BCUT2D eigenvalue weighted by molar-refractivity contribution is 7.89. The van der Waals surface area contributed by atoms with Crippen LogP contribution in [0.2, 0.25) is 0 Å². The molecule has 0 aromatic carbocycles. The van der Waals surface area contributed by atoms with Crippen LogP contribution in [0.25, 0.3) is 0 Å². The van der Waals surface area contributed by atoms with Crippen LogP contribution in [-0.2, 0) is 10.0 Å². The standard InChI is InChI=1S/C14H24N2O3S/c1-3-20(17,18)15-7-9-16-8-6-12(2)11-13(16)14-5-4-10-19-14/h4-5,10,12-13,15H,3,6-9,11H2,1-2H3/t12-,13+/m1/s1. The van der Waals surface area contributed by atoms with E-state index in [-0.39, 0.29) is 11.8 Å². The van der Waals surface area contributed by atoms with Gasteiger partial charge in [-0.25, -0.2) is 13.1 Å². The zero-order valence-electron chi connectivity index (χ0n) is 12.2. The molecule has 1 aliphatic heterocycles. The smallest absolute Gasteiger partial charge is 0.211 e. The zero-order chi connectivity index (χ0) is 14.6. The van der Waals surface area contributed by atoms with Gasteiger partial charge in [0.25, 0.3) is 0 Å². The second kappa shape index (κ2) is 6.74. The summed E-state index contributed by atoms with van der Waals surface area (Å²) in [5, 5.41) is 0. The lowest BCUT2D eigenvalue weighted by Crippen LogP contribution is -2.41. The van der Waals surface area contributed by atoms with Crippen LogP contribution in [0.15, 0.2) is 22.8 Å². The lowest BCUT2D eigenvalue weighted by atomic mass is 9.91. The van der Waals surface area contributed by atoms with E-state index in [0.717, 1.165) is 31.7 Å². The van der Waals surface area contributed by atoms with Crippen LogP contribution in [0.5, 0.6) is 0 Å². The molecular formula is C14H24N2O3S. The first-order valence-electron chi connectivity index (χ1n) is 7.26. The number of furan rings is 1. The Balaban J connectivity index is 1.94. The minimum absolute atomic E-state index is 0.131. The monoisotopic (exact) mass is 300 g/mol. The SMILES string of the molecule is CCS(=O)(=O)NCCN1CC[C@@H](C)C[C@H]1c1ccco1. The van der Waals surface area contributed by atoms with E-state index in [9.17, 15) is 8.42 Å². The quantitative estimate of drug-likeness (QED) is 0.873. The second-order valence-corrected chi connectivity index (χ2v) is 7.59. The van der Waals surface area contributed by atoms with Crippen LogP contribution < -0.4 is 4.72 Å². The highest BCUT2D eigenvalue weighted by Gasteiger charge is 2.29. The molecule has 114 valence electrons. The van der Waals surface area contributed by atoms with Crippen molar-refractivity contribution in [3.05, 3.63) is 24.2 Å². The molecule has 0 bridgehead atoms. The molecule has 0 amide bonds. The number of sulfonamides is 1. The fourth-order valence-corrected chi connectivity index (χ4v) is 3.29. The molecule has 1 N–H and O–H groups in total. The number of rotatable bonds is 6. The van der Waals surface area contributed by atoms with Crippen LogP contribution in [-0.4, -0.2) is 38.7 Å². The van der Waals surface area contributed by atoms with Crippen molar-refractivity contribution in [1.29, 1.82) is 0 Å². The summed E-state index contributed by atoms with van der Waals surface area (Å²) in [5.74, 6) is 1.79. The Bertz CT molecular complexity index is 498. The molecule has 2 heterocycles. The zero-order valence-corrected chi connectivity index (χ0v) is 13.0. The van der Waals surface area contributed by atoms with E-state index in [4.69, 9.17) is 4.42 Å². The minimum atomic E-state index is -3.10. The Kier molecular flexibility index (Phi) is 5.23. The van der Waals surface area contributed by atoms with Gasteiger partial charge in [0.2, 0.25) is 10.0 Å². The Labute approximate surface area is 121 Å². The van der Waals surface area contributed by atoms with Crippen LogP contribution in [0.1, 0.15) is 38.5 Å². The molecule has 20 heavy (non-hydrogen) atoms. The molecule has 6 heteroatoms. The normalized spacial score (nSPS) is 24.9. The van der Waals surface area contributed by atoms with Crippen molar-refractivity contribution in [2.45, 2.75) is 32.7 Å². The van der Waals surface area contributed by atoms with Crippen LogP contribution >= 0.6 is 0 Å². The lowest BCUT2D eigenvalue weighted by Gasteiger charge is -2.37. The van der Waals surface area contributed by atoms with Gasteiger partial charge in [-0.05, 0) is 44.4 Å². The molecule has 0 aliphatic carbocycles. The fourth-order valence-electron chi connectivity index (χ4n) is 2.68. The summed E-state index contributed by atoms with van der Waals surface area (Å²) >= 11 is 0. The Morgan fingerprint density at radius 1 is 1.50 bits per heavy atom. The number of hydrogen-bond acceptors (Lipinski definition) is 4. The topological polar surface area (TPSA) is 62.6 Å². The van der Waals surface area contributed by atoms with E-state index >= 15 is 0 Å². The summed E-state index contributed by atoms with van der Waals surface area (Å²) in [4.78, 5) is 2.32. The molecule has 0 unspecified atom stereocenters. The van der Waals surface area contributed by atoms with Crippen molar-refractivity contribution >= 4 is 10.0 Å². The molecule has 1 aliphatic rings. The van der Waals surface area contributed by atoms with Crippen LogP contribution in [0.4, 0.5) is 0 Å². The van der Waals surface area contributed by atoms with Gasteiger partial charge in [0.05, 0.1) is 18.1 Å². The van der Waals surface area contributed by atoms with Crippen molar-refractivity contribution in [2.24, 2.45) is 5.92 Å². The second-order valence-electron chi connectivity index (χ2n) is 5.49. The predicted molar refractivity (Wildman–Crippen MR) is 78.9 cm³/mol. The molecule has 1 saturated heterocycles. The van der Waals surface area contributed by atoms with E-state index < -0.39 is 10.0 Å². The number of nitrogens with one attached hydrogen (secondary N) is 1. The van der Waals surface area contributed by atoms with Gasteiger partial charge in [-0.3, -0.25) is 4.90 Å². The van der Waals surface area contributed by atoms with Gasteiger partial charge < -0.3 is 4.42 Å². The van der Waals surface area contributed by atoms with E-state index in [1.165, 1.54) is 0 Å². The van der Waals surface area contributed by atoms with Crippen LogP contribution in [0, 0.1) is 5.92 Å². The third-order valence-corrected chi connectivity index (χ3v) is 5.35. The van der Waals surface area contributed by atoms with Crippen LogP contribution in [0.3, 0.4) is 0 Å². The first-order valence-corrected chi connectivity index (χ1v) is 8.92. The summed E-state index contributed by atoms with van der Waals surface area (Å²) in [6, 6.07) is 4.18. The van der Waals surface area contributed by atoms with Crippen molar-refractivity contribution in [3.8, 4) is 0 Å². The van der Waals surface area contributed by atoms with E-state index in [1.807, 2.05) is 12.1 Å². The van der Waals surface area contributed by atoms with Gasteiger partial charge in [0, 0.05) is 13.1 Å². The van der Waals surface area contributed by atoms with Gasteiger partial charge in [-0.1, -0.05) is 6.92 Å². The molecular weight excluding hydrogens is 276 g/mol. The highest BCUT2D eigenvalue weighted by atomic mass is 32.2. The predicted octanol–water partition coefficient (Wildman–Crippen LogP) is 1.99. The summed E-state index contributed by atoms with van der Waals surface area (Å²) in [6.45, 7) is 6.07. The Morgan fingerprint density at radius 2 is 2.30 bits per heavy atom. The van der Waals surface area contributed by atoms with Crippen molar-refractivity contribution in [2.75, 3.05) is 25.4 Å². The first kappa shape index (κ1) is 15.5. The van der Waals surface area contributed by atoms with E-state index in [2.05, 4.69) is 16.5 Å². The third kappa shape index (κ3) is 4.07. The average molecular weight is 300 g/mol. The van der Waals surface area contributed by atoms with Gasteiger partial charge >= 0.3 is 0 Å². The number of nitrogens with zero attached hydrogens (tertiary/aromatic N) is 1. The maximum absolute atomic E-state index is 11.5. The van der Waals surface area contributed by atoms with Gasteiger partial charge in [-0.2, -0.15) is 0 Å². The van der Waals surface area contributed by atoms with Gasteiger partial charge in [-0.15, -0.1) is 0 Å².